The fraction of sp³-hybridized carbons (Fsp3) is 0.500. The van der Waals surface area contributed by atoms with Crippen LogP contribution in [0.3, 0.4) is 0 Å². The molecule has 0 bridgehead atoms. The Morgan fingerprint density at radius 2 is 2.12 bits per heavy atom. The average Bonchev–Trinajstić information content (AvgIpc) is 2.73. The van der Waals surface area contributed by atoms with E-state index in [-0.39, 0.29) is 6.04 Å². The fourth-order valence-electron chi connectivity index (χ4n) is 2.52. The normalized spacial score (nSPS) is 21.9. The van der Waals surface area contributed by atoms with E-state index >= 15 is 0 Å². The Hall–Kier alpha value is -0.830. The van der Waals surface area contributed by atoms with Crippen molar-refractivity contribution in [1.29, 1.82) is 0 Å². The second-order valence-corrected chi connectivity index (χ2v) is 5.25. The molecule has 92 valence electrons. The molecule has 1 aromatic rings. The number of hydrogen-bond donors (Lipinski definition) is 0. The lowest BCUT2D eigenvalue weighted by atomic mass is 10.0. The van der Waals surface area contributed by atoms with Crippen LogP contribution in [0.15, 0.2) is 30.3 Å². The molecule has 2 unspecified atom stereocenters. The van der Waals surface area contributed by atoms with E-state index in [2.05, 4.69) is 35.0 Å². The quantitative estimate of drug-likeness (QED) is 0.780. The van der Waals surface area contributed by atoms with E-state index in [9.17, 15) is 4.79 Å². The summed E-state index contributed by atoms with van der Waals surface area (Å²) in [6.07, 6.45) is 1.67. The number of alkyl halides is 1. The molecular formula is C14H18BrNO. The van der Waals surface area contributed by atoms with Gasteiger partial charge in [-0.25, -0.2) is 0 Å². The minimum absolute atomic E-state index is 0.243. The third-order valence-electron chi connectivity index (χ3n) is 3.40. The van der Waals surface area contributed by atoms with E-state index in [1.807, 2.05) is 23.1 Å². The number of carbonyl (C=O) groups is 1. The Kier molecular flexibility index (Phi) is 4.21. The van der Waals surface area contributed by atoms with Gasteiger partial charge in [-0.05, 0) is 17.9 Å². The van der Waals surface area contributed by atoms with E-state index in [0.29, 0.717) is 18.2 Å². The minimum Gasteiger partial charge on any atom is -0.335 e. The third-order valence-corrected chi connectivity index (χ3v) is 4.32. The van der Waals surface area contributed by atoms with Gasteiger partial charge in [0.25, 0.3) is 0 Å². The standard InChI is InChI=1S/C14H18BrNO/c1-2-13(12-6-4-3-5-7-12)16-10-11(9-15)8-14(16)17/h3-7,11,13H,2,8-10H2,1H3. The average molecular weight is 296 g/mol. The van der Waals surface area contributed by atoms with Gasteiger partial charge in [0, 0.05) is 18.3 Å². The molecule has 1 amide bonds. The molecule has 17 heavy (non-hydrogen) atoms. The monoisotopic (exact) mass is 295 g/mol. The van der Waals surface area contributed by atoms with Crippen LogP contribution in [0.5, 0.6) is 0 Å². The van der Waals surface area contributed by atoms with Crippen molar-refractivity contribution in [2.75, 3.05) is 11.9 Å². The van der Waals surface area contributed by atoms with Crippen molar-refractivity contribution in [3.8, 4) is 0 Å². The molecule has 2 nitrogen and oxygen atoms in total. The first-order chi connectivity index (χ1) is 8.26. The van der Waals surface area contributed by atoms with Gasteiger partial charge in [0.2, 0.25) is 5.91 Å². The lowest BCUT2D eigenvalue weighted by Gasteiger charge is -2.27. The Balaban J connectivity index is 2.17. The second kappa shape index (κ2) is 5.67. The van der Waals surface area contributed by atoms with Crippen LogP contribution in [0.25, 0.3) is 0 Å². The zero-order valence-corrected chi connectivity index (χ0v) is 11.7. The highest BCUT2D eigenvalue weighted by atomic mass is 79.9. The second-order valence-electron chi connectivity index (χ2n) is 4.61. The zero-order chi connectivity index (χ0) is 12.3. The SMILES string of the molecule is CCC(c1ccccc1)N1CC(CBr)CC1=O. The summed E-state index contributed by atoms with van der Waals surface area (Å²) in [6, 6.07) is 10.6. The van der Waals surface area contributed by atoms with Crippen molar-refractivity contribution < 1.29 is 4.79 Å². The summed E-state index contributed by atoms with van der Waals surface area (Å²) in [7, 11) is 0. The van der Waals surface area contributed by atoms with Crippen molar-refractivity contribution >= 4 is 21.8 Å². The van der Waals surface area contributed by atoms with Gasteiger partial charge in [-0.3, -0.25) is 4.79 Å². The first kappa shape index (κ1) is 12.6. The largest absolute Gasteiger partial charge is 0.335 e. The number of likely N-dealkylation sites (tertiary alicyclic amines) is 1. The van der Waals surface area contributed by atoms with Crippen LogP contribution in [0.4, 0.5) is 0 Å². The number of rotatable bonds is 4. The lowest BCUT2D eigenvalue weighted by molar-refractivity contribution is -0.129. The molecule has 1 saturated heterocycles. The van der Waals surface area contributed by atoms with Crippen molar-refractivity contribution in [3.05, 3.63) is 35.9 Å². The summed E-state index contributed by atoms with van der Waals surface area (Å²) in [6.45, 7) is 3.03. The van der Waals surface area contributed by atoms with Gasteiger partial charge in [-0.1, -0.05) is 53.2 Å². The molecule has 0 aliphatic carbocycles. The van der Waals surface area contributed by atoms with Crippen LogP contribution in [0.1, 0.15) is 31.4 Å². The van der Waals surface area contributed by atoms with E-state index in [4.69, 9.17) is 0 Å². The van der Waals surface area contributed by atoms with Crippen LogP contribution >= 0.6 is 15.9 Å². The van der Waals surface area contributed by atoms with E-state index in [1.54, 1.807) is 0 Å². The first-order valence-corrected chi connectivity index (χ1v) is 7.28. The Bertz CT molecular complexity index is 379. The van der Waals surface area contributed by atoms with E-state index in [0.717, 1.165) is 18.3 Å². The number of amides is 1. The molecular weight excluding hydrogens is 278 g/mol. The minimum atomic E-state index is 0.243. The topological polar surface area (TPSA) is 20.3 Å². The third kappa shape index (κ3) is 2.71. The summed E-state index contributed by atoms with van der Waals surface area (Å²) in [5, 5.41) is 0.917. The molecule has 0 radical (unpaired) electrons. The number of halogens is 1. The molecule has 0 aromatic heterocycles. The summed E-state index contributed by atoms with van der Waals surface area (Å²) in [4.78, 5) is 14.1. The molecule has 0 spiro atoms. The molecule has 1 heterocycles. The molecule has 1 fully saturated rings. The van der Waals surface area contributed by atoms with Crippen molar-refractivity contribution in [1.82, 2.24) is 4.90 Å². The van der Waals surface area contributed by atoms with Crippen molar-refractivity contribution in [2.24, 2.45) is 5.92 Å². The molecule has 1 aromatic carbocycles. The maximum atomic E-state index is 12.0. The summed E-state index contributed by atoms with van der Waals surface area (Å²) in [5.41, 5.74) is 1.25. The van der Waals surface area contributed by atoms with E-state index in [1.165, 1.54) is 5.56 Å². The highest BCUT2D eigenvalue weighted by Crippen LogP contribution is 2.31. The van der Waals surface area contributed by atoms with Crippen LogP contribution in [-0.2, 0) is 4.79 Å². The van der Waals surface area contributed by atoms with Gasteiger partial charge in [0.15, 0.2) is 0 Å². The van der Waals surface area contributed by atoms with Gasteiger partial charge in [0.05, 0.1) is 6.04 Å². The lowest BCUT2D eigenvalue weighted by Crippen LogP contribution is -2.30. The molecule has 2 rings (SSSR count). The Morgan fingerprint density at radius 1 is 1.41 bits per heavy atom. The van der Waals surface area contributed by atoms with E-state index < -0.39 is 0 Å². The van der Waals surface area contributed by atoms with Gasteiger partial charge < -0.3 is 4.90 Å². The van der Waals surface area contributed by atoms with Gasteiger partial charge in [-0.2, -0.15) is 0 Å². The zero-order valence-electron chi connectivity index (χ0n) is 10.1. The van der Waals surface area contributed by atoms with Crippen LogP contribution in [-0.4, -0.2) is 22.7 Å². The molecule has 3 heteroatoms. The summed E-state index contributed by atoms with van der Waals surface area (Å²) < 4.78 is 0. The number of hydrogen-bond acceptors (Lipinski definition) is 1. The Morgan fingerprint density at radius 3 is 2.65 bits per heavy atom. The number of benzene rings is 1. The fourth-order valence-corrected chi connectivity index (χ4v) is 2.96. The predicted octanol–water partition coefficient (Wildman–Crippen LogP) is 3.38. The Labute approximate surface area is 111 Å². The first-order valence-electron chi connectivity index (χ1n) is 6.16. The summed E-state index contributed by atoms with van der Waals surface area (Å²) >= 11 is 3.48. The van der Waals surface area contributed by atoms with Crippen molar-refractivity contribution in [2.45, 2.75) is 25.8 Å². The van der Waals surface area contributed by atoms with Crippen LogP contribution in [0, 0.1) is 5.92 Å². The molecule has 1 aliphatic heterocycles. The van der Waals surface area contributed by atoms with Crippen LogP contribution in [0.2, 0.25) is 0 Å². The molecule has 0 saturated carbocycles. The molecule has 1 aliphatic rings. The highest BCUT2D eigenvalue weighted by molar-refractivity contribution is 9.09. The smallest absolute Gasteiger partial charge is 0.223 e. The number of carbonyl (C=O) groups excluding carboxylic acids is 1. The highest BCUT2D eigenvalue weighted by Gasteiger charge is 2.33. The van der Waals surface area contributed by atoms with Crippen LogP contribution < -0.4 is 0 Å². The van der Waals surface area contributed by atoms with Crippen molar-refractivity contribution in [3.63, 3.8) is 0 Å². The summed E-state index contributed by atoms with van der Waals surface area (Å²) in [5.74, 6) is 0.769. The van der Waals surface area contributed by atoms with Gasteiger partial charge in [-0.15, -0.1) is 0 Å². The molecule has 0 N–H and O–H groups in total. The van der Waals surface area contributed by atoms with Gasteiger partial charge >= 0.3 is 0 Å². The van der Waals surface area contributed by atoms with Gasteiger partial charge in [0.1, 0.15) is 0 Å². The maximum Gasteiger partial charge on any atom is 0.223 e. The predicted molar refractivity (Wildman–Crippen MR) is 73.1 cm³/mol. The maximum absolute atomic E-state index is 12.0. The number of nitrogens with zero attached hydrogens (tertiary/aromatic N) is 1. The molecule has 2 atom stereocenters.